The molecule has 0 amide bonds. The van der Waals surface area contributed by atoms with Crippen LogP contribution in [0, 0.1) is 20.2 Å². The molecule has 0 saturated heterocycles. The van der Waals surface area contributed by atoms with Crippen LogP contribution in [-0.2, 0) is 0 Å². The zero-order valence-corrected chi connectivity index (χ0v) is 6.41. The minimum Gasteiger partial charge on any atom is -0.390 e. The largest absolute Gasteiger partial charge is 0.390 e. The van der Waals surface area contributed by atoms with Crippen LogP contribution in [0.1, 0.15) is 6.92 Å². The molecule has 1 atom stereocenters. The van der Waals surface area contributed by atoms with Crippen LogP contribution < -0.4 is 0 Å². The van der Waals surface area contributed by atoms with Crippen molar-refractivity contribution in [3.8, 4) is 0 Å². The smallest absolute Gasteiger partial charge is 0.310 e. The van der Waals surface area contributed by atoms with Gasteiger partial charge in [-0.3, -0.25) is 20.2 Å². The zero-order chi connectivity index (χ0) is 10.1. The fraction of sp³-hybridized carbons (Fsp3) is 1.00. The topological polar surface area (TPSA) is 127 Å². The summed E-state index contributed by atoms with van der Waals surface area (Å²) in [6.07, 6.45) is -1.43. The molecule has 0 radical (unpaired) electrons. The number of aliphatic hydroxyl groups excluding tert-OH is 2. The Labute approximate surface area is 67.7 Å². The first-order valence-electron chi connectivity index (χ1n) is 2.96. The first kappa shape index (κ1) is 13.3. The molecule has 72 valence electrons. The van der Waals surface area contributed by atoms with Crippen molar-refractivity contribution in [1.82, 2.24) is 0 Å². The number of hydrogen-bond acceptors (Lipinski definition) is 6. The van der Waals surface area contributed by atoms with Gasteiger partial charge in [-0.2, -0.15) is 0 Å². The van der Waals surface area contributed by atoms with Crippen molar-refractivity contribution in [2.75, 3.05) is 13.2 Å². The normalized spacial score (nSPS) is 10.9. The third-order valence-electron chi connectivity index (χ3n) is 0.588. The summed E-state index contributed by atoms with van der Waals surface area (Å²) in [5.74, 6) is 0. The van der Waals surface area contributed by atoms with E-state index in [-0.39, 0.29) is 13.2 Å². The van der Waals surface area contributed by atoms with Gasteiger partial charge < -0.3 is 10.2 Å². The molecule has 0 saturated carbocycles. The predicted octanol–water partition coefficient (Wildman–Crippen LogP) is -1.14. The van der Waals surface area contributed by atoms with Gasteiger partial charge in [0.1, 0.15) is 6.61 Å². The SMILES string of the molecule is CC(O)[N+](=O)[O-].O=[N+]([O-])CCO. The van der Waals surface area contributed by atoms with Crippen molar-refractivity contribution < 1.29 is 20.1 Å². The molecule has 0 aromatic rings. The third-order valence-corrected chi connectivity index (χ3v) is 0.588. The van der Waals surface area contributed by atoms with Crippen molar-refractivity contribution in [3.05, 3.63) is 20.2 Å². The van der Waals surface area contributed by atoms with Crippen LogP contribution in [0.4, 0.5) is 0 Å². The van der Waals surface area contributed by atoms with Crippen LogP contribution in [0.3, 0.4) is 0 Å². The summed E-state index contributed by atoms with van der Waals surface area (Å²) in [5.41, 5.74) is 0. The highest BCUT2D eigenvalue weighted by atomic mass is 16.7. The van der Waals surface area contributed by atoms with E-state index in [1.54, 1.807) is 0 Å². The summed E-state index contributed by atoms with van der Waals surface area (Å²) in [7, 11) is 0. The molecule has 0 fully saturated rings. The van der Waals surface area contributed by atoms with Gasteiger partial charge in [-0.1, -0.05) is 0 Å². The molecule has 2 N–H and O–H groups in total. The van der Waals surface area contributed by atoms with Crippen molar-refractivity contribution in [1.29, 1.82) is 0 Å². The van der Waals surface area contributed by atoms with Crippen LogP contribution >= 0.6 is 0 Å². The molecule has 0 heterocycles. The lowest BCUT2D eigenvalue weighted by Crippen LogP contribution is -2.12. The van der Waals surface area contributed by atoms with E-state index in [4.69, 9.17) is 10.2 Å². The standard InChI is InChI=1S/2C2H5NO3/c1-2(4)3(5)6;4-2-1-3(5)6/h2,4H,1H3;4H,1-2H2. The van der Waals surface area contributed by atoms with Crippen LogP contribution in [0.5, 0.6) is 0 Å². The summed E-state index contributed by atoms with van der Waals surface area (Å²) in [5, 5.41) is 34.2. The first-order valence-corrected chi connectivity index (χ1v) is 2.96. The van der Waals surface area contributed by atoms with Crippen LogP contribution in [0.15, 0.2) is 0 Å². The predicted molar refractivity (Wildman–Crippen MR) is 37.6 cm³/mol. The number of rotatable bonds is 3. The molecule has 12 heavy (non-hydrogen) atoms. The fourth-order valence-electron chi connectivity index (χ4n) is 0.0816. The number of hydrogen-bond donors (Lipinski definition) is 2. The lowest BCUT2D eigenvalue weighted by Gasteiger charge is -1.87. The van der Waals surface area contributed by atoms with Gasteiger partial charge in [0, 0.05) is 11.8 Å². The molecular formula is C4H10N2O6. The quantitative estimate of drug-likeness (QED) is 0.322. The Morgan fingerprint density at radius 1 is 1.42 bits per heavy atom. The van der Waals surface area contributed by atoms with Gasteiger partial charge >= 0.3 is 6.23 Å². The lowest BCUT2D eigenvalue weighted by atomic mass is 10.7. The highest BCUT2D eigenvalue weighted by Crippen LogP contribution is 1.75. The summed E-state index contributed by atoms with van der Waals surface area (Å²) < 4.78 is 0. The average molecular weight is 182 g/mol. The van der Waals surface area contributed by atoms with Gasteiger partial charge in [0.25, 0.3) is 0 Å². The van der Waals surface area contributed by atoms with E-state index in [0.29, 0.717) is 0 Å². The Morgan fingerprint density at radius 2 is 1.75 bits per heavy atom. The van der Waals surface area contributed by atoms with E-state index in [1.807, 2.05) is 0 Å². The Kier molecular flexibility index (Phi) is 8.68. The van der Waals surface area contributed by atoms with Gasteiger partial charge in [-0.05, 0) is 0 Å². The van der Waals surface area contributed by atoms with Crippen LogP contribution in [0.25, 0.3) is 0 Å². The highest BCUT2D eigenvalue weighted by molar-refractivity contribution is 4.16. The van der Waals surface area contributed by atoms with Crippen molar-refractivity contribution >= 4 is 0 Å². The zero-order valence-electron chi connectivity index (χ0n) is 6.41. The molecule has 0 rings (SSSR count). The van der Waals surface area contributed by atoms with Gasteiger partial charge in [-0.25, -0.2) is 0 Å². The first-order chi connectivity index (χ1) is 5.41. The summed E-state index contributed by atoms with van der Waals surface area (Å²) in [6.45, 7) is 0.382. The highest BCUT2D eigenvalue weighted by Gasteiger charge is 2.01. The van der Waals surface area contributed by atoms with Crippen molar-refractivity contribution in [2.45, 2.75) is 13.2 Å². The van der Waals surface area contributed by atoms with E-state index in [1.165, 1.54) is 0 Å². The molecule has 0 aliphatic carbocycles. The maximum absolute atomic E-state index is 9.25. The second-order valence-electron chi connectivity index (χ2n) is 1.70. The van der Waals surface area contributed by atoms with E-state index in [9.17, 15) is 20.2 Å². The minimum atomic E-state index is -1.43. The lowest BCUT2D eigenvalue weighted by molar-refractivity contribution is -0.565. The van der Waals surface area contributed by atoms with E-state index < -0.39 is 16.1 Å². The molecule has 8 nitrogen and oxygen atoms in total. The molecule has 0 aliphatic heterocycles. The molecule has 8 heteroatoms. The van der Waals surface area contributed by atoms with E-state index in [2.05, 4.69) is 0 Å². The summed E-state index contributed by atoms with van der Waals surface area (Å²) in [6, 6.07) is 0. The molecule has 0 spiro atoms. The number of aliphatic hydroxyl groups is 2. The Hall–Kier alpha value is -1.28. The molecule has 0 bridgehead atoms. The van der Waals surface area contributed by atoms with Gasteiger partial charge in [0.2, 0.25) is 6.54 Å². The number of nitrogens with zero attached hydrogens (tertiary/aromatic N) is 2. The monoisotopic (exact) mass is 182 g/mol. The van der Waals surface area contributed by atoms with E-state index in [0.717, 1.165) is 6.92 Å². The minimum absolute atomic E-state index is 0.347. The molecular weight excluding hydrogens is 172 g/mol. The van der Waals surface area contributed by atoms with Gasteiger partial charge in [-0.15, -0.1) is 0 Å². The summed E-state index contributed by atoms with van der Waals surface area (Å²) in [4.78, 5) is 17.2. The van der Waals surface area contributed by atoms with Gasteiger partial charge in [0.05, 0.1) is 4.92 Å². The molecule has 1 unspecified atom stereocenters. The second-order valence-corrected chi connectivity index (χ2v) is 1.70. The summed E-state index contributed by atoms with van der Waals surface area (Å²) >= 11 is 0. The number of nitro groups is 2. The van der Waals surface area contributed by atoms with Gasteiger partial charge in [0.15, 0.2) is 0 Å². The molecule has 0 aromatic carbocycles. The second kappa shape index (κ2) is 7.82. The maximum atomic E-state index is 9.25. The van der Waals surface area contributed by atoms with Crippen molar-refractivity contribution in [2.24, 2.45) is 0 Å². The Morgan fingerprint density at radius 3 is 1.75 bits per heavy atom. The van der Waals surface area contributed by atoms with Crippen LogP contribution in [0.2, 0.25) is 0 Å². The third kappa shape index (κ3) is 15.9. The molecule has 0 aromatic heterocycles. The average Bonchev–Trinajstić information content (AvgIpc) is 1.87. The Bertz CT molecular complexity index is 146. The van der Waals surface area contributed by atoms with Crippen molar-refractivity contribution in [3.63, 3.8) is 0 Å². The fourth-order valence-corrected chi connectivity index (χ4v) is 0.0816. The molecule has 0 aliphatic rings. The van der Waals surface area contributed by atoms with Crippen LogP contribution in [-0.4, -0.2) is 39.4 Å². The van der Waals surface area contributed by atoms with E-state index >= 15 is 0 Å². The maximum Gasteiger partial charge on any atom is 0.310 e. The Balaban J connectivity index is 0.